The number of carboxylic acid groups (broad SMARTS) is 1. The molecule has 1 aromatic heterocycles. The highest BCUT2D eigenvalue weighted by atomic mass is 35.5. The minimum absolute atomic E-state index is 0.180. The van der Waals surface area contributed by atoms with Crippen molar-refractivity contribution in [2.75, 3.05) is 0 Å². The van der Waals surface area contributed by atoms with Crippen LogP contribution in [0, 0.1) is 0 Å². The van der Waals surface area contributed by atoms with Crippen LogP contribution in [0.25, 0.3) is 0 Å². The number of halogens is 1. The van der Waals surface area contributed by atoms with Gasteiger partial charge in [0.2, 0.25) is 0 Å². The molecular formula is C11H13ClO2S. The van der Waals surface area contributed by atoms with E-state index in [-0.39, 0.29) is 6.42 Å². The van der Waals surface area contributed by atoms with Gasteiger partial charge in [-0.25, -0.2) is 0 Å². The molecule has 0 saturated carbocycles. The van der Waals surface area contributed by atoms with Crippen molar-refractivity contribution in [2.45, 2.75) is 38.5 Å². The van der Waals surface area contributed by atoms with Crippen molar-refractivity contribution < 1.29 is 9.90 Å². The van der Waals surface area contributed by atoms with Gasteiger partial charge in [0.15, 0.2) is 0 Å². The average molecular weight is 245 g/mol. The van der Waals surface area contributed by atoms with Crippen LogP contribution in [0.2, 0.25) is 5.02 Å². The first-order valence-electron chi connectivity index (χ1n) is 5.19. The van der Waals surface area contributed by atoms with Crippen LogP contribution in [-0.2, 0) is 24.1 Å². The molecule has 0 aliphatic heterocycles. The zero-order valence-corrected chi connectivity index (χ0v) is 9.96. The van der Waals surface area contributed by atoms with E-state index in [1.807, 2.05) is 0 Å². The first-order chi connectivity index (χ1) is 7.18. The number of fused-ring (bicyclic) bond motifs is 1. The van der Waals surface area contributed by atoms with Gasteiger partial charge in [0.25, 0.3) is 0 Å². The van der Waals surface area contributed by atoms with Gasteiger partial charge in [0.1, 0.15) is 0 Å². The molecule has 0 aromatic carbocycles. The number of aliphatic carboxylic acids is 1. The number of carbonyl (C=O) groups is 1. The molecule has 0 radical (unpaired) electrons. The molecule has 2 nitrogen and oxygen atoms in total. The maximum Gasteiger partial charge on any atom is 0.303 e. The fourth-order valence-corrected chi connectivity index (χ4v) is 3.73. The zero-order valence-electron chi connectivity index (χ0n) is 8.38. The molecule has 0 saturated heterocycles. The molecule has 1 aromatic rings. The van der Waals surface area contributed by atoms with E-state index in [1.165, 1.54) is 23.3 Å². The predicted molar refractivity (Wildman–Crippen MR) is 61.9 cm³/mol. The van der Waals surface area contributed by atoms with Crippen LogP contribution < -0.4 is 0 Å². The van der Waals surface area contributed by atoms with Crippen molar-refractivity contribution in [2.24, 2.45) is 0 Å². The summed E-state index contributed by atoms with van der Waals surface area (Å²) in [4.78, 5) is 12.9. The zero-order chi connectivity index (χ0) is 10.8. The van der Waals surface area contributed by atoms with Crippen molar-refractivity contribution in [1.29, 1.82) is 0 Å². The largest absolute Gasteiger partial charge is 0.481 e. The van der Waals surface area contributed by atoms with Gasteiger partial charge in [-0.3, -0.25) is 4.79 Å². The van der Waals surface area contributed by atoms with Gasteiger partial charge in [-0.1, -0.05) is 11.6 Å². The second-order valence-corrected chi connectivity index (χ2v) is 5.41. The molecule has 0 amide bonds. The van der Waals surface area contributed by atoms with Crippen LogP contribution in [0.1, 0.15) is 34.6 Å². The van der Waals surface area contributed by atoms with E-state index in [0.29, 0.717) is 6.42 Å². The number of rotatable bonds is 3. The van der Waals surface area contributed by atoms with Crippen molar-refractivity contribution in [3.05, 3.63) is 20.3 Å². The third kappa shape index (κ3) is 2.34. The molecule has 1 heterocycles. The second kappa shape index (κ2) is 4.54. The van der Waals surface area contributed by atoms with Crippen LogP contribution in [0.5, 0.6) is 0 Å². The summed E-state index contributed by atoms with van der Waals surface area (Å²) in [5.41, 5.74) is 1.29. The van der Waals surface area contributed by atoms with Crippen LogP contribution in [0.15, 0.2) is 0 Å². The van der Waals surface area contributed by atoms with E-state index in [1.54, 1.807) is 11.3 Å². The van der Waals surface area contributed by atoms with E-state index in [2.05, 4.69) is 0 Å². The molecular weight excluding hydrogens is 232 g/mol. The Kier molecular flexibility index (Phi) is 3.32. The maximum absolute atomic E-state index is 10.5. The van der Waals surface area contributed by atoms with E-state index in [4.69, 9.17) is 16.7 Å². The Balaban J connectivity index is 2.18. The van der Waals surface area contributed by atoms with Crippen LogP contribution in [0.3, 0.4) is 0 Å². The lowest BCUT2D eigenvalue weighted by atomic mass is 9.99. The lowest BCUT2D eigenvalue weighted by Gasteiger charge is -2.09. The number of carboxylic acids is 1. The van der Waals surface area contributed by atoms with E-state index in [9.17, 15) is 4.79 Å². The van der Waals surface area contributed by atoms with E-state index < -0.39 is 5.97 Å². The summed E-state index contributed by atoms with van der Waals surface area (Å²) in [6.07, 6.45) is 5.39. The lowest BCUT2D eigenvalue weighted by Crippen LogP contribution is -1.98. The topological polar surface area (TPSA) is 37.3 Å². The molecule has 0 fully saturated rings. The van der Waals surface area contributed by atoms with Crippen LogP contribution in [-0.4, -0.2) is 11.1 Å². The molecule has 0 bridgehead atoms. The Morgan fingerprint density at radius 2 is 2.13 bits per heavy atom. The van der Waals surface area contributed by atoms with E-state index in [0.717, 1.165) is 22.7 Å². The molecule has 1 N–H and O–H groups in total. The van der Waals surface area contributed by atoms with Crippen LogP contribution >= 0.6 is 22.9 Å². The Morgan fingerprint density at radius 3 is 2.80 bits per heavy atom. The standard InChI is InChI=1S/C11H13ClO2S/c12-11-7-3-1-2-4-8(7)15-9(11)5-6-10(13)14/h1-6H2,(H,13,14). The molecule has 0 atom stereocenters. The first kappa shape index (κ1) is 11.0. The molecule has 15 heavy (non-hydrogen) atoms. The third-order valence-corrected chi connectivity index (χ3v) is 4.66. The first-order valence-corrected chi connectivity index (χ1v) is 6.38. The second-order valence-electron chi connectivity index (χ2n) is 3.84. The van der Waals surface area contributed by atoms with Gasteiger partial charge in [-0.15, -0.1) is 11.3 Å². The molecule has 4 heteroatoms. The van der Waals surface area contributed by atoms with Gasteiger partial charge >= 0.3 is 5.97 Å². The third-order valence-electron chi connectivity index (χ3n) is 2.74. The molecule has 0 unspecified atom stereocenters. The number of hydrogen-bond acceptors (Lipinski definition) is 2. The fraction of sp³-hybridized carbons (Fsp3) is 0.545. The van der Waals surface area contributed by atoms with Crippen molar-refractivity contribution in [3.63, 3.8) is 0 Å². The SMILES string of the molecule is O=C(O)CCc1sc2c(c1Cl)CCCC2. The van der Waals surface area contributed by atoms with Crippen molar-refractivity contribution >= 4 is 28.9 Å². The van der Waals surface area contributed by atoms with Gasteiger partial charge in [0, 0.05) is 9.75 Å². The summed E-state index contributed by atoms with van der Waals surface area (Å²) in [6.45, 7) is 0. The summed E-state index contributed by atoms with van der Waals surface area (Å²) in [5.74, 6) is -0.752. The van der Waals surface area contributed by atoms with Crippen molar-refractivity contribution in [3.8, 4) is 0 Å². The van der Waals surface area contributed by atoms with Gasteiger partial charge in [0.05, 0.1) is 11.4 Å². The summed E-state index contributed by atoms with van der Waals surface area (Å²) in [6, 6.07) is 0. The number of thiophene rings is 1. The maximum atomic E-state index is 10.5. The summed E-state index contributed by atoms with van der Waals surface area (Å²) < 4.78 is 0. The van der Waals surface area contributed by atoms with Crippen LogP contribution in [0.4, 0.5) is 0 Å². The Hall–Kier alpha value is -0.540. The monoisotopic (exact) mass is 244 g/mol. The highest BCUT2D eigenvalue weighted by Crippen LogP contribution is 2.38. The Morgan fingerprint density at radius 1 is 1.40 bits per heavy atom. The van der Waals surface area contributed by atoms with Gasteiger partial charge in [-0.2, -0.15) is 0 Å². The lowest BCUT2D eigenvalue weighted by molar-refractivity contribution is -0.136. The minimum atomic E-state index is -0.752. The average Bonchev–Trinajstić information content (AvgIpc) is 2.54. The molecule has 1 aliphatic rings. The smallest absolute Gasteiger partial charge is 0.303 e. The van der Waals surface area contributed by atoms with Gasteiger partial charge in [-0.05, 0) is 37.7 Å². The molecule has 2 rings (SSSR count). The minimum Gasteiger partial charge on any atom is -0.481 e. The summed E-state index contributed by atoms with van der Waals surface area (Å²) in [7, 11) is 0. The van der Waals surface area contributed by atoms with Gasteiger partial charge < -0.3 is 5.11 Å². The fourth-order valence-electron chi connectivity index (χ4n) is 1.97. The summed E-state index contributed by atoms with van der Waals surface area (Å²) >= 11 is 7.95. The number of hydrogen-bond donors (Lipinski definition) is 1. The molecule has 82 valence electrons. The Labute approximate surface area is 97.9 Å². The summed E-state index contributed by atoms with van der Waals surface area (Å²) in [5, 5.41) is 9.47. The predicted octanol–water partition coefficient (Wildman–Crippen LogP) is 3.30. The van der Waals surface area contributed by atoms with E-state index >= 15 is 0 Å². The molecule has 0 spiro atoms. The highest BCUT2D eigenvalue weighted by Gasteiger charge is 2.19. The molecule has 1 aliphatic carbocycles. The van der Waals surface area contributed by atoms with Crippen molar-refractivity contribution in [1.82, 2.24) is 0 Å². The quantitative estimate of drug-likeness (QED) is 0.886. The highest BCUT2D eigenvalue weighted by molar-refractivity contribution is 7.12. The Bertz CT molecular complexity index is 384. The normalized spacial score (nSPS) is 15.0. The number of aryl methyl sites for hydroxylation is 2.